The van der Waals surface area contributed by atoms with Crippen LogP contribution in [0.2, 0.25) is 5.02 Å². The van der Waals surface area contributed by atoms with Gasteiger partial charge < -0.3 is 25.6 Å². The summed E-state index contributed by atoms with van der Waals surface area (Å²) in [5.74, 6) is 1.17. The Morgan fingerprint density at radius 1 is 1.02 bits per heavy atom. The maximum Gasteiger partial charge on any atom is 0.245 e. The van der Waals surface area contributed by atoms with Gasteiger partial charge in [-0.1, -0.05) is 23.7 Å². The quantitative estimate of drug-likeness (QED) is 0.220. The molecule has 2 aromatic carbocycles. The Labute approximate surface area is 281 Å². The van der Waals surface area contributed by atoms with Crippen molar-refractivity contribution in [3.05, 3.63) is 58.7 Å². The second-order valence-corrected chi connectivity index (χ2v) is 14.8. The topological polar surface area (TPSA) is 143 Å². The van der Waals surface area contributed by atoms with E-state index in [1.165, 1.54) is 21.6 Å². The molecule has 2 fully saturated rings. The third kappa shape index (κ3) is 7.67. The minimum Gasteiger partial charge on any atom is -0.495 e. The van der Waals surface area contributed by atoms with Crippen molar-refractivity contribution in [1.29, 1.82) is 0 Å². The van der Waals surface area contributed by atoms with E-state index in [1.807, 2.05) is 0 Å². The molecule has 0 radical (unpaired) electrons. The van der Waals surface area contributed by atoms with Gasteiger partial charge in [-0.25, -0.2) is 13.4 Å². The van der Waals surface area contributed by atoms with Gasteiger partial charge in [-0.3, -0.25) is 9.80 Å². The van der Waals surface area contributed by atoms with E-state index >= 15 is 0 Å². The Bertz CT molecular complexity index is 1650. The first-order valence-corrected chi connectivity index (χ1v) is 18.1. The van der Waals surface area contributed by atoms with Crippen LogP contribution in [0.5, 0.6) is 5.75 Å². The molecule has 2 aliphatic heterocycles. The molecule has 47 heavy (non-hydrogen) atoms. The molecule has 3 aromatic rings. The molecule has 4 N–H and O–H groups in total. The number of rotatable bonds is 11. The molecule has 12 nitrogen and oxygen atoms in total. The van der Waals surface area contributed by atoms with E-state index in [1.54, 1.807) is 31.4 Å². The summed E-state index contributed by atoms with van der Waals surface area (Å²) in [6.07, 6.45) is 6.23. The van der Waals surface area contributed by atoms with E-state index in [4.69, 9.17) is 16.3 Å². The number of nitrogens with one attached hydrogen (secondary N) is 2. The van der Waals surface area contributed by atoms with Gasteiger partial charge in [0.2, 0.25) is 16.0 Å². The van der Waals surface area contributed by atoms with Gasteiger partial charge in [-0.2, -0.15) is 9.29 Å². The van der Waals surface area contributed by atoms with Crippen molar-refractivity contribution in [3.63, 3.8) is 0 Å². The van der Waals surface area contributed by atoms with Gasteiger partial charge in [0.15, 0.2) is 5.82 Å². The number of aromatic nitrogens is 2. The van der Waals surface area contributed by atoms with Crippen LogP contribution >= 0.6 is 11.6 Å². The average Bonchev–Trinajstić information content (AvgIpc) is 3.49. The standard InChI is InChI=1S/C33H44ClN7O5S/c1-46-30-19-25-17-26(40-13-11-39(12-14-40)15-16-42)6-4-5-24(25)18-29(30)37-33-35-20-27(34)32(38-33)36-28-7-2-3-8-31(28)47(44,45)41-10-9-23(21-41)22-43/h2-3,7-8,18-20,23,26,42-43H,4-6,9-17,21-22H2,1H3,(H2,35,36,37,38)/t23-,26?/m0/s1. The zero-order chi connectivity index (χ0) is 33.0. The van der Waals surface area contributed by atoms with E-state index < -0.39 is 10.0 Å². The van der Waals surface area contributed by atoms with Gasteiger partial charge in [0, 0.05) is 58.5 Å². The number of fused-ring (bicyclic) bond motifs is 1. The Morgan fingerprint density at radius 3 is 2.57 bits per heavy atom. The highest BCUT2D eigenvalue weighted by molar-refractivity contribution is 7.89. The number of aryl methyl sites for hydroxylation is 1. The predicted octanol–water partition coefficient (Wildman–Crippen LogP) is 3.49. The minimum atomic E-state index is -3.81. The van der Waals surface area contributed by atoms with Gasteiger partial charge in [-0.05, 0) is 73.4 Å². The van der Waals surface area contributed by atoms with Crippen molar-refractivity contribution in [2.45, 2.75) is 43.0 Å². The summed E-state index contributed by atoms with van der Waals surface area (Å²) in [7, 11) is -2.16. The zero-order valence-corrected chi connectivity index (χ0v) is 28.3. The Kier molecular flexibility index (Phi) is 10.8. The first-order valence-electron chi connectivity index (χ1n) is 16.3. The number of sulfonamides is 1. The van der Waals surface area contributed by atoms with Crippen LogP contribution in [-0.4, -0.2) is 115 Å². The maximum atomic E-state index is 13.6. The molecule has 2 atom stereocenters. The Morgan fingerprint density at radius 2 is 1.83 bits per heavy atom. The highest BCUT2D eigenvalue weighted by Crippen LogP contribution is 2.36. The van der Waals surface area contributed by atoms with Crippen molar-refractivity contribution < 1.29 is 23.4 Å². The molecule has 6 rings (SSSR count). The fraction of sp³-hybridized carbons (Fsp3) is 0.515. The second kappa shape index (κ2) is 15.0. The van der Waals surface area contributed by atoms with Crippen LogP contribution in [-0.2, 0) is 22.9 Å². The summed E-state index contributed by atoms with van der Waals surface area (Å²) in [5.41, 5.74) is 3.64. The van der Waals surface area contributed by atoms with E-state index in [2.05, 4.69) is 42.5 Å². The third-order valence-electron chi connectivity index (χ3n) is 9.56. The van der Waals surface area contributed by atoms with Crippen LogP contribution in [0, 0.1) is 5.92 Å². The van der Waals surface area contributed by atoms with Gasteiger partial charge in [0.1, 0.15) is 15.7 Å². The van der Waals surface area contributed by atoms with Crippen molar-refractivity contribution >= 4 is 44.8 Å². The number of methoxy groups -OCH3 is 1. The molecule has 0 spiro atoms. The number of hydrogen-bond acceptors (Lipinski definition) is 11. The summed E-state index contributed by atoms with van der Waals surface area (Å²) in [6.45, 7) is 5.53. The first-order chi connectivity index (χ1) is 22.8. The maximum absolute atomic E-state index is 13.6. The molecule has 3 heterocycles. The van der Waals surface area contributed by atoms with Crippen LogP contribution in [0.4, 0.5) is 23.1 Å². The van der Waals surface area contributed by atoms with Crippen molar-refractivity contribution in [2.24, 2.45) is 5.92 Å². The molecular weight excluding hydrogens is 642 g/mol. The number of β-amino-alcohol motifs (C(OH)–C–C–N with tert-alkyl or cyclic N) is 1. The van der Waals surface area contributed by atoms with Gasteiger partial charge in [0.25, 0.3) is 0 Å². The van der Waals surface area contributed by atoms with E-state index in [0.29, 0.717) is 30.4 Å². The monoisotopic (exact) mass is 685 g/mol. The number of anilines is 4. The molecule has 2 saturated heterocycles. The SMILES string of the molecule is COc1cc2c(cc1Nc1ncc(Cl)c(Nc3ccccc3S(=O)(=O)N3CC[C@H](CO)C3)n1)CCCC(N1CCN(CCO)CC1)C2. The zero-order valence-electron chi connectivity index (χ0n) is 26.7. The van der Waals surface area contributed by atoms with E-state index in [9.17, 15) is 18.6 Å². The van der Waals surface area contributed by atoms with Crippen molar-refractivity contribution in [1.82, 2.24) is 24.1 Å². The molecule has 0 saturated carbocycles. The lowest BCUT2D eigenvalue weighted by molar-refractivity contribution is 0.0805. The smallest absolute Gasteiger partial charge is 0.245 e. The Hall–Kier alpha value is -3.04. The third-order valence-corrected chi connectivity index (χ3v) is 11.8. The molecular formula is C33H44ClN7O5S. The van der Waals surface area contributed by atoms with Crippen LogP contribution in [0.15, 0.2) is 47.5 Å². The van der Waals surface area contributed by atoms with Crippen LogP contribution in [0.25, 0.3) is 0 Å². The first kappa shape index (κ1) is 33.8. The summed E-state index contributed by atoms with van der Waals surface area (Å²) in [4.78, 5) is 14.1. The lowest BCUT2D eigenvalue weighted by Gasteiger charge is -2.39. The molecule has 1 aromatic heterocycles. The Balaban J connectivity index is 1.19. The number of para-hydroxylation sites is 1. The average molecular weight is 686 g/mol. The predicted molar refractivity (Wildman–Crippen MR) is 183 cm³/mol. The number of aliphatic hydroxyl groups excluding tert-OH is 2. The number of benzene rings is 2. The summed E-state index contributed by atoms with van der Waals surface area (Å²) >= 11 is 6.51. The van der Waals surface area contributed by atoms with E-state index in [0.717, 1.165) is 64.1 Å². The van der Waals surface area contributed by atoms with Crippen LogP contribution in [0.1, 0.15) is 30.4 Å². The number of halogens is 1. The van der Waals surface area contributed by atoms with Crippen molar-refractivity contribution in [3.8, 4) is 5.75 Å². The fourth-order valence-corrected chi connectivity index (χ4v) is 8.72. The summed E-state index contributed by atoms with van der Waals surface area (Å²) in [6, 6.07) is 11.4. The largest absolute Gasteiger partial charge is 0.495 e. The van der Waals surface area contributed by atoms with E-state index in [-0.39, 0.29) is 47.4 Å². The summed E-state index contributed by atoms with van der Waals surface area (Å²) < 4.78 is 34.4. The minimum absolute atomic E-state index is 0.0436. The molecule has 14 heteroatoms. The molecule has 3 aliphatic rings. The number of aliphatic hydroxyl groups is 2. The van der Waals surface area contributed by atoms with Gasteiger partial charge in [0.05, 0.1) is 31.3 Å². The van der Waals surface area contributed by atoms with Gasteiger partial charge in [-0.15, -0.1) is 0 Å². The number of ether oxygens (including phenoxy) is 1. The number of piperazine rings is 1. The molecule has 1 aliphatic carbocycles. The lowest BCUT2D eigenvalue weighted by atomic mass is 9.99. The molecule has 1 unspecified atom stereocenters. The normalized spacial score (nSPS) is 21.3. The van der Waals surface area contributed by atoms with Crippen LogP contribution < -0.4 is 15.4 Å². The number of nitrogens with zero attached hydrogens (tertiary/aromatic N) is 5. The highest BCUT2D eigenvalue weighted by atomic mass is 35.5. The molecule has 0 amide bonds. The van der Waals surface area contributed by atoms with Crippen LogP contribution in [0.3, 0.4) is 0 Å². The second-order valence-electron chi connectivity index (χ2n) is 12.5. The summed E-state index contributed by atoms with van der Waals surface area (Å²) in [5, 5.41) is 25.5. The molecule has 0 bridgehead atoms. The number of hydrogen-bond donors (Lipinski definition) is 4. The lowest BCUT2D eigenvalue weighted by Crippen LogP contribution is -2.51. The fourth-order valence-electron chi connectivity index (χ4n) is 6.91. The van der Waals surface area contributed by atoms with Crippen molar-refractivity contribution in [2.75, 3.05) is 76.8 Å². The highest BCUT2D eigenvalue weighted by Gasteiger charge is 2.34. The molecule has 254 valence electrons. The van der Waals surface area contributed by atoms with Gasteiger partial charge >= 0.3 is 0 Å².